The van der Waals surface area contributed by atoms with E-state index in [1.807, 2.05) is 0 Å². The quantitative estimate of drug-likeness (QED) is 0.598. The number of carbonyl (C=O) groups excluding carboxylic acids is 1. The van der Waals surface area contributed by atoms with Gasteiger partial charge in [-0.1, -0.05) is 6.07 Å². The van der Waals surface area contributed by atoms with E-state index in [-0.39, 0.29) is 10.6 Å². The van der Waals surface area contributed by atoms with E-state index < -0.39 is 22.0 Å². The minimum atomic E-state index is -4.17. The summed E-state index contributed by atoms with van der Waals surface area (Å²) in [6.07, 6.45) is -0.0590. The van der Waals surface area contributed by atoms with Gasteiger partial charge in [-0.3, -0.25) is 4.79 Å². The van der Waals surface area contributed by atoms with Crippen LogP contribution in [0.15, 0.2) is 47.4 Å². The van der Waals surface area contributed by atoms with Crippen LogP contribution in [-0.4, -0.2) is 20.8 Å². The van der Waals surface area contributed by atoms with Gasteiger partial charge in [0.1, 0.15) is 22.2 Å². The second-order valence-corrected chi connectivity index (χ2v) is 6.48. The standard InChI is InChI=1S/C16H15FO5S/c1-11-6-14(21-12(2)10-18)9-15(7-11)22-23(19,20)16-5-3-4-13(17)8-16/h3-10,12H,1-2H3. The van der Waals surface area contributed by atoms with E-state index in [1.165, 1.54) is 24.3 Å². The van der Waals surface area contributed by atoms with Gasteiger partial charge in [0, 0.05) is 6.07 Å². The molecule has 0 aliphatic heterocycles. The van der Waals surface area contributed by atoms with Crippen LogP contribution >= 0.6 is 0 Å². The lowest BCUT2D eigenvalue weighted by molar-refractivity contribution is -0.113. The number of aldehydes is 1. The molecular weight excluding hydrogens is 323 g/mol. The summed E-state index contributed by atoms with van der Waals surface area (Å²) >= 11 is 0. The van der Waals surface area contributed by atoms with Gasteiger partial charge in [0.25, 0.3) is 0 Å². The molecule has 0 aliphatic rings. The smallest absolute Gasteiger partial charge is 0.339 e. The molecule has 23 heavy (non-hydrogen) atoms. The zero-order valence-electron chi connectivity index (χ0n) is 12.5. The molecule has 2 rings (SSSR count). The van der Waals surface area contributed by atoms with Crippen molar-refractivity contribution in [1.82, 2.24) is 0 Å². The van der Waals surface area contributed by atoms with Crippen molar-refractivity contribution in [2.75, 3.05) is 0 Å². The molecule has 0 spiro atoms. The summed E-state index contributed by atoms with van der Waals surface area (Å²) in [5.74, 6) is -0.362. The van der Waals surface area contributed by atoms with Crippen molar-refractivity contribution in [3.63, 3.8) is 0 Å². The number of hydrogen-bond acceptors (Lipinski definition) is 5. The van der Waals surface area contributed by atoms with Gasteiger partial charge >= 0.3 is 10.1 Å². The Morgan fingerprint density at radius 3 is 2.48 bits per heavy atom. The molecule has 0 heterocycles. The summed E-state index contributed by atoms with van der Waals surface area (Å²) in [4.78, 5) is 10.3. The monoisotopic (exact) mass is 338 g/mol. The number of hydrogen-bond donors (Lipinski definition) is 0. The number of rotatable bonds is 6. The third-order valence-corrected chi connectivity index (χ3v) is 4.07. The van der Waals surface area contributed by atoms with Crippen LogP contribution in [0.3, 0.4) is 0 Å². The number of carbonyl (C=O) groups is 1. The highest BCUT2D eigenvalue weighted by Gasteiger charge is 2.18. The molecular formula is C16H15FO5S. The molecule has 5 nitrogen and oxygen atoms in total. The first kappa shape index (κ1) is 17.0. The highest BCUT2D eigenvalue weighted by molar-refractivity contribution is 7.87. The normalized spacial score (nSPS) is 12.5. The van der Waals surface area contributed by atoms with E-state index in [9.17, 15) is 17.6 Å². The number of halogens is 1. The molecule has 0 N–H and O–H groups in total. The van der Waals surface area contributed by atoms with E-state index in [4.69, 9.17) is 8.92 Å². The number of ether oxygens (including phenoxy) is 1. The fraction of sp³-hybridized carbons (Fsp3) is 0.188. The average molecular weight is 338 g/mol. The molecule has 1 atom stereocenters. The maximum Gasteiger partial charge on any atom is 0.339 e. The Morgan fingerprint density at radius 1 is 1.13 bits per heavy atom. The highest BCUT2D eigenvalue weighted by atomic mass is 32.2. The molecule has 0 radical (unpaired) electrons. The van der Waals surface area contributed by atoms with E-state index >= 15 is 0 Å². The lowest BCUT2D eigenvalue weighted by Gasteiger charge is -2.12. The highest BCUT2D eigenvalue weighted by Crippen LogP contribution is 2.26. The molecule has 0 bridgehead atoms. The Morgan fingerprint density at radius 2 is 1.83 bits per heavy atom. The van der Waals surface area contributed by atoms with Crippen molar-refractivity contribution < 1.29 is 26.5 Å². The maximum absolute atomic E-state index is 13.2. The summed E-state index contributed by atoms with van der Waals surface area (Å²) in [5, 5.41) is 0. The molecule has 0 saturated heterocycles. The van der Waals surface area contributed by atoms with Crippen LogP contribution in [0.2, 0.25) is 0 Å². The maximum atomic E-state index is 13.2. The summed E-state index contributed by atoms with van der Waals surface area (Å²) in [7, 11) is -4.17. The van der Waals surface area contributed by atoms with Gasteiger partial charge in [-0.05, 0) is 49.7 Å². The Hall–Kier alpha value is -2.41. The van der Waals surface area contributed by atoms with Crippen LogP contribution in [0, 0.1) is 12.7 Å². The number of aryl methyl sites for hydroxylation is 1. The Bertz CT molecular complexity index is 817. The molecule has 0 saturated carbocycles. The minimum Gasteiger partial charge on any atom is -0.483 e. The summed E-state index contributed by atoms with van der Waals surface area (Å²) in [5.41, 5.74) is 0.685. The third-order valence-electron chi connectivity index (χ3n) is 2.83. The molecule has 0 amide bonds. The van der Waals surface area contributed by atoms with Gasteiger partial charge < -0.3 is 8.92 Å². The van der Waals surface area contributed by atoms with Crippen LogP contribution in [0.1, 0.15) is 12.5 Å². The summed E-state index contributed by atoms with van der Waals surface area (Å²) < 4.78 is 47.8. The van der Waals surface area contributed by atoms with E-state index in [0.29, 0.717) is 17.6 Å². The van der Waals surface area contributed by atoms with Crippen molar-refractivity contribution in [3.8, 4) is 11.5 Å². The Kier molecular flexibility index (Phi) is 5.00. The molecule has 2 aromatic rings. The lowest BCUT2D eigenvalue weighted by Crippen LogP contribution is -2.13. The minimum absolute atomic E-state index is 0.0161. The summed E-state index contributed by atoms with van der Waals surface area (Å²) in [6, 6.07) is 9.01. The van der Waals surface area contributed by atoms with Crippen LogP contribution in [-0.2, 0) is 14.9 Å². The first-order valence-corrected chi connectivity index (χ1v) is 8.15. The fourth-order valence-corrected chi connectivity index (χ4v) is 2.82. The largest absolute Gasteiger partial charge is 0.483 e. The van der Waals surface area contributed by atoms with Gasteiger partial charge in [0.05, 0.1) is 0 Å². The molecule has 122 valence electrons. The second-order valence-electron chi connectivity index (χ2n) is 4.94. The second kappa shape index (κ2) is 6.78. The molecule has 0 aromatic heterocycles. The van der Waals surface area contributed by atoms with Gasteiger partial charge in [-0.2, -0.15) is 8.42 Å². The Labute approximate surface area is 133 Å². The van der Waals surface area contributed by atoms with Crippen molar-refractivity contribution in [1.29, 1.82) is 0 Å². The topological polar surface area (TPSA) is 69.7 Å². The fourth-order valence-electron chi connectivity index (χ4n) is 1.87. The van der Waals surface area contributed by atoms with Crippen molar-refractivity contribution in [3.05, 3.63) is 53.8 Å². The zero-order valence-corrected chi connectivity index (χ0v) is 13.3. The molecule has 2 aromatic carbocycles. The van der Waals surface area contributed by atoms with E-state index in [0.717, 1.165) is 12.1 Å². The van der Waals surface area contributed by atoms with Crippen LogP contribution in [0.4, 0.5) is 4.39 Å². The molecule has 0 fully saturated rings. The predicted octanol–water partition coefficient (Wildman–Crippen LogP) is 2.87. The summed E-state index contributed by atoms with van der Waals surface area (Å²) in [6.45, 7) is 3.28. The van der Waals surface area contributed by atoms with Crippen molar-refractivity contribution >= 4 is 16.4 Å². The van der Waals surface area contributed by atoms with E-state index in [2.05, 4.69) is 0 Å². The molecule has 7 heteroatoms. The number of benzene rings is 2. The van der Waals surface area contributed by atoms with Gasteiger partial charge in [0.15, 0.2) is 12.4 Å². The SMILES string of the molecule is Cc1cc(OC(C)C=O)cc(OS(=O)(=O)c2cccc(F)c2)c1. The van der Waals surface area contributed by atoms with Crippen LogP contribution in [0.25, 0.3) is 0 Å². The van der Waals surface area contributed by atoms with E-state index in [1.54, 1.807) is 19.9 Å². The predicted molar refractivity (Wildman–Crippen MR) is 81.5 cm³/mol. The lowest BCUT2D eigenvalue weighted by atomic mass is 10.2. The van der Waals surface area contributed by atoms with Crippen molar-refractivity contribution in [2.45, 2.75) is 24.8 Å². The first-order chi connectivity index (χ1) is 10.8. The average Bonchev–Trinajstić information content (AvgIpc) is 2.46. The third kappa shape index (κ3) is 4.53. The van der Waals surface area contributed by atoms with Crippen LogP contribution in [0.5, 0.6) is 11.5 Å². The van der Waals surface area contributed by atoms with Crippen molar-refractivity contribution in [2.24, 2.45) is 0 Å². The molecule has 0 aliphatic carbocycles. The zero-order chi connectivity index (χ0) is 17.0. The first-order valence-electron chi connectivity index (χ1n) is 6.74. The molecule has 1 unspecified atom stereocenters. The Balaban J connectivity index is 2.30. The van der Waals surface area contributed by atoms with Gasteiger partial charge in [-0.25, -0.2) is 4.39 Å². The van der Waals surface area contributed by atoms with Gasteiger partial charge in [-0.15, -0.1) is 0 Å². The van der Waals surface area contributed by atoms with Gasteiger partial charge in [0.2, 0.25) is 0 Å². The van der Waals surface area contributed by atoms with Crippen LogP contribution < -0.4 is 8.92 Å².